The Labute approximate surface area is 116 Å². The third kappa shape index (κ3) is 4.01. The van der Waals surface area contributed by atoms with E-state index in [4.69, 9.17) is 11.2 Å². The van der Waals surface area contributed by atoms with Crippen molar-refractivity contribution in [3.8, 4) is 18.1 Å². The van der Waals surface area contributed by atoms with Gasteiger partial charge >= 0.3 is 0 Å². The topological polar surface area (TPSA) is 21.3 Å². The summed E-state index contributed by atoms with van der Waals surface area (Å²) in [5, 5.41) is 3.61. The van der Waals surface area contributed by atoms with Crippen molar-refractivity contribution < 1.29 is 4.74 Å². The summed E-state index contributed by atoms with van der Waals surface area (Å²) in [5.74, 6) is 4.34. The Morgan fingerprint density at radius 2 is 2.00 bits per heavy atom. The van der Waals surface area contributed by atoms with Crippen LogP contribution in [0.4, 0.5) is 0 Å². The maximum Gasteiger partial charge on any atom is 0.118 e. The molecule has 1 N–H and O–H groups in total. The van der Waals surface area contributed by atoms with E-state index in [0.717, 1.165) is 25.1 Å². The molecule has 0 aromatic heterocycles. The third-order valence-corrected chi connectivity index (χ3v) is 3.91. The normalized spacial score (nSPS) is 21.5. The molecule has 1 aromatic rings. The molecular weight excluding hydrogens is 234 g/mol. The average Bonchev–Trinajstić information content (AvgIpc) is 2.41. The van der Waals surface area contributed by atoms with E-state index in [1.807, 2.05) is 0 Å². The number of rotatable bonds is 7. The van der Waals surface area contributed by atoms with Crippen molar-refractivity contribution in [3.63, 3.8) is 0 Å². The molecule has 1 aliphatic rings. The van der Waals surface area contributed by atoms with E-state index in [0.29, 0.717) is 12.0 Å². The van der Waals surface area contributed by atoms with Gasteiger partial charge in [0.25, 0.3) is 0 Å². The molecule has 0 bridgehead atoms. The summed E-state index contributed by atoms with van der Waals surface area (Å²) < 4.78 is 5.18. The Bertz CT molecular complexity index is 412. The lowest BCUT2D eigenvalue weighted by Crippen LogP contribution is -2.40. The van der Waals surface area contributed by atoms with E-state index in [2.05, 4.69) is 35.5 Å². The van der Waals surface area contributed by atoms with E-state index >= 15 is 0 Å². The molecule has 0 heterocycles. The van der Waals surface area contributed by atoms with Crippen LogP contribution in [0.2, 0.25) is 0 Å². The highest BCUT2D eigenvalue weighted by Crippen LogP contribution is 2.37. The highest BCUT2D eigenvalue weighted by atomic mass is 16.5. The van der Waals surface area contributed by atoms with Crippen molar-refractivity contribution in [2.75, 3.05) is 13.7 Å². The molecule has 2 rings (SSSR count). The van der Waals surface area contributed by atoms with Crippen molar-refractivity contribution in [1.82, 2.24) is 5.32 Å². The Kier molecular flexibility index (Phi) is 5.30. The summed E-state index contributed by atoms with van der Waals surface area (Å²) in [6, 6.07) is 9.17. The van der Waals surface area contributed by atoms with Gasteiger partial charge in [0.05, 0.1) is 7.11 Å². The number of unbranched alkanes of at least 4 members (excludes halogenated alkanes) is 2. The van der Waals surface area contributed by atoms with Crippen LogP contribution in [-0.4, -0.2) is 19.7 Å². The predicted octanol–water partition coefficient (Wildman–Crippen LogP) is 3.33. The van der Waals surface area contributed by atoms with Crippen LogP contribution >= 0.6 is 0 Å². The molecule has 0 atom stereocenters. The molecular formula is C17H23NO. The molecule has 0 spiro atoms. The SMILES string of the molecule is C#CCCCCNC1CC(c2ccc(OC)cc2)C1. The number of nitrogens with one attached hydrogen (secondary N) is 1. The molecule has 2 heteroatoms. The first-order chi connectivity index (χ1) is 9.33. The molecule has 0 unspecified atom stereocenters. The predicted molar refractivity (Wildman–Crippen MR) is 79.4 cm³/mol. The molecule has 2 nitrogen and oxygen atoms in total. The molecule has 1 fully saturated rings. The van der Waals surface area contributed by atoms with E-state index in [9.17, 15) is 0 Å². The quantitative estimate of drug-likeness (QED) is 0.597. The third-order valence-electron chi connectivity index (χ3n) is 3.91. The highest BCUT2D eigenvalue weighted by Gasteiger charge is 2.29. The molecule has 0 amide bonds. The molecule has 1 aliphatic carbocycles. The summed E-state index contributed by atoms with van der Waals surface area (Å²) in [6.45, 7) is 1.10. The maximum absolute atomic E-state index is 5.23. The van der Waals surface area contributed by atoms with E-state index < -0.39 is 0 Å². The lowest BCUT2D eigenvalue weighted by atomic mass is 9.76. The standard InChI is InChI=1S/C17H23NO/c1-3-4-5-6-11-18-16-12-15(13-16)14-7-9-17(19-2)10-8-14/h1,7-10,15-16,18H,4-6,11-13H2,2H3. The minimum absolute atomic E-state index is 0.693. The number of hydrogen-bond acceptors (Lipinski definition) is 2. The molecule has 1 saturated carbocycles. The minimum atomic E-state index is 0.693. The van der Waals surface area contributed by atoms with Crippen LogP contribution in [0.1, 0.15) is 43.6 Å². The summed E-state index contributed by atoms with van der Waals surface area (Å²) in [5.41, 5.74) is 1.44. The van der Waals surface area contributed by atoms with Crippen molar-refractivity contribution >= 4 is 0 Å². The first kappa shape index (κ1) is 14.0. The molecule has 19 heavy (non-hydrogen) atoms. The fraction of sp³-hybridized carbons (Fsp3) is 0.529. The van der Waals surface area contributed by atoms with Crippen LogP contribution < -0.4 is 10.1 Å². The largest absolute Gasteiger partial charge is 0.497 e. The summed E-state index contributed by atoms with van der Waals surface area (Å²) in [7, 11) is 1.71. The Balaban J connectivity index is 1.64. The van der Waals surface area contributed by atoms with Crippen LogP contribution in [0.5, 0.6) is 5.75 Å². The summed E-state index contributed by atoms with van der Waals surface area (Å²) >= 11 is 0. The second-order valence-electron chi connectivity index (χ2n) is 5.25. The van der Waals surface area contributed by atoms with Gasteiger partial charge in [0.15, 0.2) is 0 Å². The van der Waals surface area contributed by atoms with E-state index in [1.54, 1.807) is 7.11 Å². The molecule has 0 saturated heterocycles. The fourth-order valence-electron chi connectivity index (χ4n) is 2.59. The van der Waals surface area contributed by atoms with Gasteiger partial charge < -0.3 is 10.1 Å². The number of terminal acetylenes is 1. The Morgan fingerprint density at radius 1 is 1.26 bits per heavy atom. The zero-order valence-electron chi connectivity index (χ0n) is 11.7. The Hall–Kier alpha value is -1.46. The van der Waals surface area contributed by atoms with Gasteiger partial charge in [0.1, 0.15) is 5.75 Å². The van der Waals surface area contributed by atoms with Gasteiger partial charge in [0, 0.05) is 12.5 Å². The number of ether oxygens (including phenoxy) is 1. The zero-order chi connectivity index (χ0) is 13.5. The van der Waals surface area contributed by atoms with E-state index in [-0.39, 0.29) is 0 Å². The highest BCUT2D eigenvalue weighted by molar-refractivity contribution is 5.30. The van der Waals surface area contributed by atoms with Crippen LogP contribution in [0, 0.1) is 12.3 Å². The van der Waals surface area contributed by atoms with Crippen molar-refractivity contribution in [1.29, 1.82) is 0 Å². The second-order valence-corrected chi connectivity index (χ2v) is 5.25. The van der Waals surface area contributed by atoms with Gasteiger partial charge in [-0.1, -0.05) is 12.1 Å². The lowest BCUT2D eigenvalue weighted by Gasteiger charge is -2.36. The van der Waals surface area contributed by atoms with Gasteiger partial charge in [-0.2, -0.15) is 0 Å². The number of methoxy groups -OCH3 is 1. The van der Waals surface area contributed by atoms with Crippen LogP contribution in [0.15, 0.2) is 24.3 Å². The average molecular weight is 257 g/mol. The van der Waals surface area contributed by atoms with E-state index in [1.165, 1.54) is 24.8 Å². The summed E-state index contributed by atoms with van der Waals surface area (Å²) in [4.78, 5) is 0. The summed E-state index contributed by atoms with van der Waals surface area (Å²) in [6.07, 6.45) is 11.0. The van der Waals surface area contributed by atoms with Crippen molar-refractivity contribution in [3.05, 3.63) is 29.8 Å². The van der Waals surface area contributed by atoms with Gasteiger partial charge in [-0.3, -0.25) is 0 Å². The van der Waals surface area contributed by atoms with Crippen LogP contribution in [0.25, 0.3) is 0 Å². The number of hydrogen-bond donors (Lipinski definition) is 1. The fourth-order valence-corrected chi connectivity index (χ4v) is 2.59. The first-order valence-electron chi connectivity index (χ1n) is 7.14. The van der Waals surface area contributed by atoms with Crippen molar-refractivity contribution in [2.45, 2.75) is 44.1 Å². The maximum atomic E-state index is 5.23. The van der Waals surface area contributed by atoms with Gasteiger partial charge in [-0.05, 0) is 55.8 Å². The monoisotopic (exact) mass is 257 g/mol. The van der Waals surface area contributed by atoms with Crippen molar-refractivity contribution in [2.24, 2.45) is 0 Å². The van der Waals surface area contributed by atoms with Gasteiger partial charge in [0.2, 0.25) is 0 Å². The van der Waals surface area contributed by atoms with Crippen LogP contribution in [0.3, 0.4) is 0 Å². The smallest absolute Gasteiger partial charge is 0.118 e. The van der Waals surface area contributed by atoms with Gasteiger partial charge in [-0.15, -0.1) is 12.3 Å². The zero-order valence-corrected chi connectivity index (χ0v) is 11.7. The first-order valence-corrected chi connectivity index (χ1v) is 7.14. The number of benzene rings is 1. The molecule has 1 aromatic carbocycles. The molecule has 0 radical (unpaired) electrons. The molecule has 102 valence electrons. The molecule has 0 aliphatic heterocycles. The minimum Gasteiger partial charge on any atom is -0.497 e. The Morgan fingerprint density at radius 3 is 2.63 bits per heavy atom. The second kappa shape index (κ2) is 7.21. The van der Waals surface area contributed by atoms with Crippen LogP contribution in [-0.2, 0) is 0 Å². The van der Waals surface area contributed by atoms with Gasteiger partial charge in [-0.25, -0.2) is 0 Å². The lowest BCUT2D eigenvalue weighted by molar-refractivity contribution is 0.290.